The minimum atomic E-state index is -0.130. The number of piperidine rings is 1. The molecule has 176 valence electrons. The highest BCUT2D eigenvalue weighted by Crippen LogP contribution is 2.34. The van der Waals surface area contributed by atoms with Gasteiger partial charge in [0.1, 0.15) is 11.5 Å². The van der Waals surface area contributed by atoms with Gasteiger partial charge in [-0.2, -0.15) is 0 Å². The third-order valence-corrected chi connectivity index (χ3v) is 5.65. The first-order chi connectivity index (χ1) is 15.5. The fourth-order valence-electron chi connectivity index (χ4n) is 4.05. The molecule has 3 N–H and O–H groups in total. The summed E-state index contributed by atoms with van der Waals surface area (Å²) in [5.74, 6) is 0.498. The smallest absolute Gasteiger partial charge is 0.140 e. The lowest BCUT2D eigenvalue weighted by Crippen LogP contribution is -2.48. The molecule has 0 spiro atoms. The molecule has 0 saturated carbocycles. The number of allylic oxidation sites excluding steroid dienone is 3. The Kier molecular flexibility index (Phi) is 9.97. The fraction of sp³-hybridized carbons (Fsp3) is 0.538. The zero-order valence-corrected chi connectivity index (χ0v) is 20.7. The highest BCUT2D eigenvalue weighted by atomic mass is 16.5. The number of nitrogens with one attached hydrogen (secondary N) is 1. The van der Waals surface area contributed by atoms with Crippen LogP contribution in [0.5, 0.6) is 0 Å². The Morgan fingerprint density at radius 1 is 1.38 bits per heavy atom. The molecule has 1 aliphatic heterocycles. The number of ether oxygens (including phenoxy) is 1. The van der Waals surface area contributed by atoms with E-state index in [4.69, 9.17) is 10.5 Å². The molecule has 32 heavy (non-hydrogen) atoms. The number of aromatic amines is 1. The second-order valence-corrected chi connectivity index (χ2v) is 8.14. The summed E-state index contributed by atoms with van der Waals surface area (Å²) in [5, 5.41) is 1.08. The predicted octanol–water partition coefficient (Wildman–Crippen LogP) is 5.95. The summed E-state index contributed by atoms with van der Waals surface area (Å²) >= 11 is 0. The molecule has 0 aliphatic carbocycles. The Labute approximate surface area is 193 Å². The number of H-pyrrole nitrogens is 1. The molecule has 1 atom stereocenters. The normalized spacial score (nSPS) is 20.0. The zero-order valence-electron chi connectivity index (χ0n) is 20.7. The van der Waals surface area contributed by atoms with Crippen LogP contribution in [0.2, 0.25) is 0 Å². The summed E-state index contributed by atoms with van der Waals surface area (Å²) in [6.45, 7) is 15.0. The summed E-state index contributed by atoms with van der Waals surface area (Å²) in [4.78, 5) is 14.9. The van der Waals surface area contributed by atoms with Crippen molar-refractivity contribution in [1.82, 2.24) is 9.97 Å². The van der Waals surface area contributed by atoms with E-state index >= 15 is 0 Å². The van der Waals surface area contributed by atoms with Crippen LogP contribution in [0.25, 0.3) is 11.0 Å². The number of unbranched alkanes of at least 4 members (excludes halogenated alkanes) is 1. The highest BCUT2D eigenvalue weighted by molar-refractivity contribution is 6.18. The van der Waals surface area contributed by atoms with Gasteiger partial charge in [0.25, 0.3) is 0 Å². The van der Waals surface area contributed by atoms with E-state index < -0.39 is 0 Å². The van der Waals surface area contributed by atoms with Crippen LogP contribution in [0.1, 0.15) is 72.8 Å². The first-order valence-corrected chi connectivity index (χ1v) is 12.0. The van der Waals surface area contributed by atoms with Crippen molar-refractivity contribution < 1.29 is 4.74 Å². The van der Waals surface area contributed by atoms with E-state index in [1.807, 2.05) is 52.2 Å². The Morgan fingerprint density at radius 2 is 2.16 bits per heavy atom. The molecule has 1 aliphatic rings. The number of rotatable bonds is 8. The van der Waals surface area contributed by atoms with Gasteiger partial charge in [-0.1, -0.05) is 33.3 Å². The molecule has 3 rings (SSSR count). The molecule has 3 heterocycles. The van der Waals surface area contributed by atoms with Gasteiger partial charge in [-0.05, 0) is 58.3 Å². The second kappa shape index (κ2) is 12.4. The number of anilines is 1. The van der Waals surface area contributed by atoms with Crippen molar-refractivity contribution >= 4 is 22.4 Å². The maximum atomic E-state index is 6.32. The minimum absolute atomic E-state index is 0.130. The predicted molar refractivity (Wildman–Crippen MR) is 137 cm³/mol. The first kappa shape index (κ1) is 25.7. The van der Waals surface area contributed by atoms with Gasteiger partial charge in [-0.3, -0.25) is 0 Å². The van der Waals surface area contributed by atoms with Crippen LogP contribution >= 0.6 is 0 Å². The van der Waals surface area contributed by atoms with Crippen molar-refractivity contribution in [2.75, 3.05) is 24.6 Å². The molecule has 1 saturated heterocycles. The van der Waals surface area contributed by atoms with Gasteiger partial charge in [0, 0.05) is 37.7 Å². The van der Waals surface area contributed by atoms with E-state index in [0.29, 0.717) is 5.82 Å². The van der Waals surface area contributed by atoms with Crippen molar-refractivity contribution in [3.63, 3.8) is 0 Å². The van der Waals surface area contributed by atoms with Crippen LogP contribution in [-0.4, -0.2) is 41.0 Å². The number of aromatic nitrogens is 2. The van der Waals surface area contributed by atoms with Gasteiger partial charge in [0.15, 0.2) is 0 Å². The largest absolute Gasteiger partial charge is 0.384 e. The third-order valence-electron chi connectivity index (χ3n) is 5.65. The van der Waals surface area contributed by atoms with Gasteiger partial charge in [-0.15, -0.1) is 0 Å². The van der Waals surface area contributed by atoms with Gasteiger partial charge in [0.2, 0.25) is 0 Å². The number of aliphatic imine (C=N–C) groups is 1. The SMILES string of the molecule is CC.C\C=C/C(=N\C(N)=C\C)c1c[nH]c2nccc(N3CCCC(C)(OCCCC)C3)c12. The number of hydrogen-bond acceptors (Lipinski definition) is 5. The molecule has 0 bridgehead atoms. The molecule has 2 aromatic rings. The number of hydrogen-bond donors (Lipinski definition) is 2. The molecule has 0 amide bonds. The van der Waals surface area contributed by atoms with Crippen molar-refractivity contribution in [1.29, 1.82) is 0 Å². The summed E-state index contributed by atoms with van der Waals surface area (Å²) in [7, 11) is 0. The monoisotopic (exact) mass is 439 g/mol. The van der Waals surface area contributed by atoms with Crippen LogP contribution in [0, 0.1) is 0 Å². The van der Waals surface area contributed by atoms with E-state index in [-0.39, 0.29) is 5.60 Å². The van der Waals surface area contributed by atoms with Crippen LogP contribution in [0.15, 0.2) is 47.5 Å². The molecule has 6 heteroatoms. The lowest BCUT2D eigenvalue weighted by atomic mass is 9.93. The van der Waals surface area contributed by atoms with Crippen molar-refractivity contribution in [2.24, 2.45) is 10.7 Å². The van der Waals surface area contributed by atoms with Crippen LogP contribution < -0.4 is 10.6 Å². The molecule has 1 unspecified atom stereocenters. The average Bonchev–Trinajstić information content (AvgIpc) is 3.24. The topological polar surface area (TPSA) is 79.5 Å². The maximum absolute atomic E-state index is 6.32. The van der Waals surface area contributed by atoms with Crippen molar-refractivity contribution in [3.05, 3.63) is 48.1 Å². The Morgan fingerprint density at radius 3 is 2.84 bits per heavy atom. The van der Waals surface area contributed by atoms with Gasteiger partial charge >= 0.3 is 0 Å². The van der Waals surface area contributed by atoms with Gasteiger partial charge in [-0.25, -0.2) is 9.98 Å². The zero-order chi connectivity index (χ0) is 23.6. The maximum Gasteiger partial charge on any atom is 0.140 e. The molecule has 0 radical (unpaired) electrons. The van der Waals surface area contributed by atoms with Crippen LogP contribution in [-0.2, 0) is 4.74 Å². The molecule has 2 aromatic heterocycles. The van der Waals surface area contributed by atoms with E-state index in [1.165, 1.54) is 0 Å². The van der Waals surface area contributed by atoms with E-state index in [1.54, 1.807) is 6.08 Å². The van der Waals surface area contributed by atoms with Crippen molar-refractivity contribution in [3.8, 4) is 0 Å². The Hall–Kier alpha value is -2.60. The minimum Gasteiger partial charge on any atom is -0.384 e. The highest BCUT2D eigenvalue weighted by Gasteiger charge is 2.33. The van der Waals surface area contributed by atoms with E-state index in [2.05, 4.69) is 39.8 Å². The van der Waals surface area contributed by atoms with Crippen LogP contribution in [0.4, 0.5) is 5.69 Å². The standard InChI is InChI=1S/C24H35N5O.C2H6/c1-5-8-15-30-24(4)12-9-14-29(17-24)20-11-13-26-23-22(20)18(16-27-23)19(10-6-2)28-21(25)7-3;1-2/h6-7,10-11,13,16H,5,8-9,12,14-15,17,25H2,1-4H3,(H,26,27);1-2H3/b10-6-,21-7+,28-19+;. The quantitative estimate of drug-likeness (QED) is 0.393. The molecular weight excluding hydrogens is 398 g/mol. The summed E-state index contributed by atoms with van der Waals surface area (Å²) in [5.41, 5.74) is 9.75. The molecule has 0 aromatic carbocycles. The second-order valence-electron chi connectivity index (χ2n) is 8.14. The molecule has 1 fully saturated rings. The number of nitrogens with two attached hydrogens (primary N) is 1. The number of pyridine rings is 1. The molecular formula is C26H41N5O. The number of fused-ring (bicyclic) bond motifs is 1. The first-order valence-electron chi connectivity index (χ1n) is 12.0. The summed E-state index contributed by atoms with van der Waals surface area (Å²) < 4.78 is 6.32. The van der Waals surface area contributed by atoms with Crippen LogP contribution in [0.3, 0.4) is 0 Å². The third kappa shape index (κ3) is 6.22. The lowest BCUT2D eigenvalue weighted by molar-refractivity contribution is -0.0410. The average molecular weight is 440 g/mol. The summed E-state index contributed by atoms with van der Waals surface area (Å²) in [6.07, 6.45) is 14.1. The van der Waals surface area contributed by atoms with Gasteiger partial charge < -0.3 is 20.4 Å². The summed E-state index contributed by atoms with van der Waals surface area (Å²) in [6, 6.07) is 2.10. The Bertz CT molecular complexity index is 943. The Balaban J connectivity index is 0.00000176. The van der Waals surface area contributed by atoms with E-state index in [0.717, 1.165) is 73.4 Å². The van der Waals surface area contributed by atoms with Crippen molar-refractivity contribution in [2.45, 2.75) is 72.8 Å². The number of nitrogens with zero attached hydrogens (tertiary/aromatic N) is 3. The lowest BCUT2D eigenvalue weighted by Gasteiger charge is -2.41. The molecule has 6 nitrogen and oxygen atoms in total. The fourth-order valence-corrected chi connectivity index (χ4v) is 4.05. The van der Waals surface area contributed by atoms with E-state index in [9.17, 15) is 0 Å². The van der Waals surface area contributed by atoms with Gasteiger partial charge in [0.05, 0.1) is 22.4 Å².